The molecule has 0 saturated carbocycles. The maximum Gasteiger partial charge on any atom is 0.254 e. The summed E-state index contributed by atoms with van der Waals surface area (Å²) in [5, 5.41) is 0. The van der Waals surface area contributed by atoms with Gasteiger partial charge >= 0.3 is 0 Å². The first-order chi connectivity index (χ1) is 12.7. The van der Waals surface area contributed by atoms with Crippen LogP contribution in [0, 0.1) is 0 Å². The summed E-state index contributed by atoms with van der Waals surface area (Å²) in [6, 6.07) is 21.6. The van der Waals surface area contributed by atoms with Gasteiger partial charge in [0.1, 0.15) is 6.10 Å². The van der Waals surface area contributed by atoms with E-state index in [1.807, 2.05) is 54.6 Å². The zero-order valence-electron chi connectivity index (χ0n) is 14.0. The van der Waals surface area contributed by atoms with Crippen LogP contribution in [-0.4, -0.2) is 35.0 Å². The number of rotatable bonds is 4. The summed E-state index contributed by atoms with van der Waals surface area (Å²) in [6.45, 7) is 1.14. The van der Waals surface area contributed by atoms with E-state index in [2.05, 4.69) is 33.0 Å². The molecule has 1 fully saturated rings. The highest BCUT2D eigenvalue weighted by Crippen LogP contribution is 2.25. The monoisotopic (exact) mass is 408 g/mol. The maximum atomic E-state index is 12.6. The van der Waals surface area contributed by atoms with Crippen molar-refractivity contribution in [2.24, 2.45) is 0 Å². The van der Waals surface area contributed by atoms with Gasteiger partial charge in [-0.2, -0.15) is 0 Å². The number of benzene rings is 2. The SMILES string of the molecule is O=C(c1ccc(-c2ccccc2)cc1)N1CC(Oc2ncccc2Br)C1. The number of carbonyl (C=O) groups is 1. The quantitative estimate of drug-likeness (QED) is 0.641. The Morgan fingerprint density at radius 1 is 0.962 bits per heavy atom. The molecular formula is C21H17BrN2O2. The van der Waals surface area contributed by atoms with E-state index in [0.717, 1.165) is 15.6 Å². The Balaban J connectivity index is 1.37. The second-order valence-electron chi connectivity index (χ2n) is 6.18. The lowest BCUT2D eigenvalue weighted by Crippen LogP contribution is -2.56. The largest absolute Gasteiger partial charge is 0.470 e. The lowest BCUT2D eigenvalue weighted by Gasteiger charge is -2.38. The zero-order valence-corrected chi connectivity index (χ0v) is 15.6. The molecule has 2 aromatic carbocycles. The van der Waals surface area contributed by atoms with Gasteiger partial charge in [0, 0.05) is 11.8 Å². The molecule has 1 aliphatic heterocycles. The van der Waals surface area contributed by atoms with E-state index in [1.165, 1.54) is 0 Å². The first-order valence-corrected chi connectivity index (χ1v) is 9.22. The van der Waals surface area contributed by atoms with Crippen molar-refractivity contribution < 1.29 is 9.53 Å². The van der Waals surface area contributed by atoms with Gasteiger partial charge in [-0.3, -0.25) is 4.79 Å². The number of pyridine rings is 1. The van der Waals surface area contributed by atoms with Gasteiger partial charge < -0.3 is 9.64 Å². The molecule has 3 aromatic rings. The lowest BCUT2D eigenvalue weighted by atomic mass is 10.0. The summed E-state index contributed by atoms with van der Waals surface area (Å²) < 4.78 is 6.64. The predicted octanol–water partition coefficient (Wildman–Crippen LogP) is 4.41. The Labute approximate surface area is 160 Å². The van der Waals surface area contributed by atoms with Gasteiger partial charge in [0.15, 0.2) is 0 Å². The Morgan fingerprint density at radius 3 is 2.35 bits per heavy atom. The molecule has 0 aliphatic carbocycles. The van der Waals surface area contributed by atoms with Crippen LogP contribution in [0.1, 0.15) is 10.4 Å². The van der Waals surface area contributed by atoms with Crippen LogP contribution in [-0.2, 0) is 0 Å². The van der Waals surface area contributed by atoms with E-state index in [1.54, 1.807) is 11.1 Å². The van der Waals surface area contributed by atoms with E-state index in [9.17, 15) is 4.79 Å². The number of carbonyl (C=O) groups excluding carboxylic acids is 1. The van der Waals surface area contributed by atoms with Crippen LogP contribution >= 0.6 is 15.9 Å². The maximum absolute atomic E-state index is 12.6. The molecule has 26 heavy (non-hydrogen) atoms. The fourth-order valence-electron chi connectivity index (χ4n) is 2.91. The van der Waals surface area contributed by atoms with E-state index >= 15 is 0 Å². The number of ether oxygens (including phenoxy) is 1. The molecule has 2 heterocycles. The highest BCUT2D eigenvalue weighted by molar-refractivity contribution is 9.10. The van der Waals surface area contributed by atoms with E-state index in [-0.39, 0.29) is 12.0 Å². The molecule has 4 nitrogen and oxygen atoms in total. The van der Waals surface area contributed by atoms with Crippen molar-refractivity contribution in [2.45, 2.75) is 6.10 Å². The standard InChI is InChI=1S/C21H17BrN2O2/c22-19-7-4-12-23-20(19)26-18-13-24(14-18)21(25)17-10-8-16(9-11-17)15-5-2-1-3-6-15/h1-12,18H,13-14H2. The van der Waals surface area contributed by atoms with Crippen molar-refractivity contribution in [2.75, 3.05) is 13.1 Å². The fourth-order valence-corrected chi connectivity index (χ4v) is 3.26. The molecule has 0 atom stereocenters. The van der Waals surface area contributed by atoms with E-state index in [0.29, 0.717) is 24.5 Å². The summed E-state index contributed by atoms with van der Waals surface area (Å²) in [4.78, 5) is 18.6. The molecule has 1 saturated heterocycles. The Kier molecular flexibility index (Phi) is 4.71. The van der Waals surface area contributed by atoms with Gasteiger partial charge in [-0.1, -0.05) is 42.5 Å². The number of aromatic nitrogens is 1. The topological polar surface area (TPSA) is 42.4 Å². The fraction of sp³-hybridized carbons (Fsp3) is 0.143. The first kappa shape index (κ1) is 16.8. The molecule has 0 unspecified atom stereocenters. The highest BCUT2D eigenvalue weighted by Gasteiger charge is 2.33. The summed E-state index contributed by atoms with van der Waals surface area (Å²) in [5.41, 5.74) is 2.94. The number of hydrogen-bond acceptors (Lipinski definition) is 3. The minimum absolute atomic E-state index is 0.0197. The molecular weight excluding hydrogens is 392 g/mol. The van der Waals surface area contributed by atoms with Crippen molar-refractivity contribution in [1.29, 1.82) is 0 Å². The summed E-state index contributed by atoms with van der Waals surface area (Å²) in [6.07, 6.45) is 1.67. The lowest BCUT2D eigenvalue weighted by molar-refractivity contribution is 0.0157. The summed E-state index contributed by atoms with van der Waals surface area (Å²) >= 11 is 3.42. The second-order valence-corrected chi connectivity index (χ2v) is 7.04. The minimum Gasteiger partial charge on any atom is -0.470 e. The van der Waals surface area contributed by atoms with Crippen LogP contribution in [0.15, 0.2) is 77.4 Å². The minimum atomic E-state index is -0.0197. The molecule has 4 rings (SSSR count). The molecule has 0 bridgehead atoms. The van der Waals surface area contributed by atoms with Gasteiger partial charge in [0.2, 0.25) is 5.88 Å². The van der Waals surface area contributed by atoms with Crippen molar-refractivity contribution >= 4 is 21.8 Å². The normalized spacial score (nSPS) is 14.0. The van der Waals surface area contributed by atoms with Gasteiger partial charge in [-0.25, -0.2) is 4.98 Å². The summed E-state index contributed by atoms with van der Waals surface area (Å²) in [7, 11) is 0. The number of amides is 1. The average Bonchev–Trinajstić information content (AvgIpc) is 2.66. The Morgan fingerprint density at radius 2 is 1.65 bits per heavy atom. The molecule has 130 valence electrons. The van der Waals surface area contributed by atoms with Crippen LogP contribution in [0.3, 0.4) is 0 Å². The number of hydrogen-bond donors (Lipinski definition) is 0. The highest BCUT2D eigenvalue weighted by atomic mass is 79.9. The number of halogens is 1. The van der Waals surface area contributed by atoms with Crippen LogP contribution in [0.25, 0.3) is 11.1 Å². The third-order valence-corrected chi connectivity index (χ3v) is 4.98. The van der Waals surface area contributed by atoms with Crippen molar-refractivity contribution in [1.82, 2.24) is 9.88 Å². The molecule has 5 heteroatoms. The van der Waals surface area contributed by atoms with Crippen molar-refractivity contribution in [3.05, 3.63) is 83.0 Å². The zero-order chi connectivity index (χ0) is 17.9. The third kappa shape index (κ3) is 3.48. The van der Waals surface area contributed by atoms with Crippen LogP contribution in [0.2, 0.25) is 0 Å². The molecule has 1 aliphatic rings. The molecule has 0 radical (unpaired) electrons. The molecule has 1 aromatic heterocycles. The van der Waals surface area contributed by atoms with Crippen LogP contribution in [0.5, 0.6) is 5.88 Å². The summed E-state index contributed by atoms with van der Waals surface area (Å²) in [5.74, 6) is 0.598. The Bertz CT molecular complexity index is 907. The predicted molar refractivity (Wildman–Crippen MR) is 104 cm³/mol. The molecule has 0 spiro atoms. The van der Waals surface area contributed by atoms with Gasteiger partial charge in [-0.05, 0) is 51.3 Å². The van der Waals surface area contributed by atoms with E-state index < -0.39 is 0 Å². The van der Waals surface area contributed by atoms with Gasteiger partial charge in [-0.15, -0.1) is 0 Å². The Hall–Kier alpha value is -2.66. The van der Waals surface area contributed by atoms with E-state index in [4.69, 9.17) is 4.74 Å². The second kappa shape index (κ2) is 7.30. The van der Waals surface area contributed by atoms with Crippen molar-refractivity contribution in [3.8, 4) is 17.0 Å². The molecule has 1 amide bonds. The van der Waals surface area contributed by atoms with Crippen LogP contribution < -0.4 is 4.74 Å². The van der Waals surface area contributed by atoms with Crippen LogP contribution in [0.4, 0.5) is 0 Å². The molecule has 0 N–H and O–H groups in total. The van der Waals surface area contributed by atoms with Gasteiger partial charge in [0.05, 0.1) is 17.6 Å². The first-order valence-electron chi connectivity index (χ1n) is 8.42. The van der Waals surface area contributed by atoms with Crippen molar-refractivity contribution in [3.63, 3.8) is 0 Å². The van der Waals surface area contributed by atoms with Gasteiger partial charge in [0.25, 0.3) is 5.91 Å². The average molecular weight is 409 g/mol. The third-order valence-electron chi connectivity index (χ3n) is 4.38. The number of likely N-dealkylation sites (tertiary alicyclic amines) is 1. The number of nitrogens with zero attached hydrogens (tertiary/aromatic N) is 2. The smallest absolute Gasteiger partial charge is 0.254 e.